The van der Waals surface area contributed by atoms with Gasteiger partial charge in [-0.25, -0.2) is 0 Å². The monoisotopic (exact) mass is 366 g/mol. The number of fused-ring (bicyclic) bond motifs is 1. The van der Waals surface area contributed by atoms with Gasteiger partial charge in [-0.15, -0.1) is 0 Å². The Labute approximate surface area is 164 Å². The minimum Gasteiger partial charge on any atom is -0.305 e. The lowest BCUT2D eigenvalue weighted by Crippen LogP contribution is -2.40. The second-order valence-corrected chi connectivity index (χ2v) is 8.89. The summed E-state index contributed by atoms with van der Waals surface area (Å²) < 4.78 is 0. The highest BCUT2D eigenvalue weighted by atomic mass is 16.7. The fourth-order valence-corrected chi connectivity index (χ4v) is 4.22. The van der Waals surface area contributed by atoms with Crippen molar-refractivity contribution in [3.8, 4) is 0 Å². The van der Waals surface area contributed by atoms with Gasteiger partial charge in [-0.2, -0.15) is 5.06 Å². The summed E-state index contributed by atoms with van der Waals surface area (Å²) in [6, 6.07) is 17.9. The summed E-state index contributed by atoms with van der Waals surface area (Å²) in [5.74, 6) is 0.475. The molecule has 1 aliphatic heterocycles. The Kier molecular flexibility index (Phi) is 5.76. The highest BCUT2D eigenvalue weighted by Crippen LogP contribution is 2.50. The molecule has 0 radical (unpaired) electrons. The van der Waals surface area contributed by atoms with Gasteiger partial charge in [0.15, 0.2) is 0 Å². The molecule has 0 amide bonds. The standard InChI is InChI=1S/C24H34N2O/c1-17(2)23-21-10-8-9-11-22(21)24(4,5)26(23)27-18(3)20-14-12-19(13-15-20)16-25(6)7/h8-15,17-18,23H,16H2,1-7H3. The van der Waals surface area contributed by atoms with E-state index in [1.807, 2.05) is 0 Å². The van der Waals surface area contributed by atoms with Gasteiger partial charge in [0.25, 0.3) is 0 Å². The van der Waals surface area contributed by atoms with Crippen LogP contribution in [-0.2, 0) is 16.9 Å². The second-order valence-electron chi connectivity index (χ2n) is 8.89. The Balaban J connectivity index is 1.83. The molecular weight excluding hydrogens is 332 g/mol. The van der Waals surface area contributed by atoms with Crippen LogP contribution in [-0.4, -0.2) is 24.1 Å². The molecule has 1 heterocycles. The zero-order chi connectivity index (χ0) is 19.8. The van der Waals surface area contributed by atoms with Gasteiger partial charge >= 0.3 is 0 Å². The van der Waals surface area contributed by atoms with Crippen molar-refractivity contribution in [1.82, 2.24) is 9.96 Å². The van der Waals surface area contributed by atoms with Crippen molar-refractivity contribution in [3.63, 3.8) is 0 Å². The van der Waals surface area contributed by atoms with Crippen molar-refractivity contribution < 1.29 is 4.84 Å². The zero-order valence-electron chi connectivity index (χ0n) is 17.9. The van der Waals surface area contributed by atoms with Crippen molar-refractivity contribution >= 4 is 0 Å². The van der Waals surface area contributed by atoms with E-state index in [2.05, 4.69) is 107 Å². The molecular formula is C24H34N2O. The molecule has 146 valence electrons. The second kappa shape index (κ2) is 7.75. The molecule has 27 heavy (non-hydrogen) atoms. The van der Waals surface area contributed by atoms with Crippen LogP contribution >= 0.6 is 0 Å². The number of hydrogen-bond acceptors (Lipinski definition) is 3. The molecule has 2 unspecified atom stereocenters. The van der Waals surface area contributed by atoms with Crippen LogP contribution in [0.1, 0.15) is 69.0 Å². The van der Waals surface area contributed by atoms with Gasteiger partial charge in [-0.1, -0.05) is 62.4 Å². The Morgan fingerprint density at radius 2 is 1.63 bits per heavy atom. The zero-order valence-corrected chi connectivity index (χ0v) is 17.9. The summed E-state index contributed by atoms with van der Waals surface area (Å²) >= 11 is 0. The van der Waals surface area contributed by atoms with Crippen LogP contribution in [0.2, 0.25) is 0 Å². The fourth-order valence-electron chi connectivity index (χ4n) is 4.22. The third-order valence-corrected chi connectivity index (χ3v) is 5.59. The first kappa shape index (κ1) is 20.1. The Hall–Kier alpha value is -1.68. The van der Waals surface area contributed by atoms with E-state index in [9.17, 15) is 0 Å². The molecule has 0 fully saturated rings. The van der Waals surface area contributed by atoms with E-state index in [0.29, 0.717) is 5.92 Å². The molecule has 0 saturated heterocycles. The fraction of sp³-hybridized carbons (Fsp3) is 0.500. The topological polar surface area (TPSA) is 15.7 Å². The first-order chi connectivity index (χ1) is 12.7. The van der Waals surface area contributed by atoms with Crippen LogP contribution < -0.4 is 0 Å². The molecule has 1 aliphatic rings. The average molecular weight is 367 g/mol. The van der Waals surface area contributed by atoms with Gasteiger partial charge in [0.2, 0.25) is 0 Å². The van der Waals surface area contributed by atoms with Gasteiger partial charge < -0.3 is 4.90 Å². The Bertz CT molecular complexity index is 764. The van der Waals surface area contributed by atoms with Crippen LogP contribution in [0.4, 0.5) is 0 Å². The lowest BCUT2D eigenvalue weighted by atomic mass is 9.92. The largest absolute Gasteiger partial charge is 0.305 e. The normalized spacial score (nSPS) is 20.3. The van der Waals surface area contributed by atoms with E-state index in [1.54, 1.807) is 0 Å². The minimum atomic E-state index is -0.148. The number of hydrogen-bond donors (Lipinski definition) is 0. The van der Waals surface area contributed by atoms with E-state index < -0.39 is 0 Å². The molecule has 3 nitrogen and oxygen atoms in total. The summed E-state index contributed by atoms with van der Waals surface area (Å²) in [6.07, 6.45) is 0.00763. The summed E-state index contributed by atoms with van der Waals surface area (Å²) in [5.41, 5.74) is 5.16. The molecule has 3 rings (SSSR count). The maximum absolute atomic E-state index is 6.61. The van der Waals surface area contributed by atoms with Crippen LogP contribution in [0.15, 0.2) is 48.5 Å². The molecule has 0 saturated carbocycles. The molecule has 0 N–H and O–H groups in total. The summed E-state index contributed by atoms with van der Waals surface area (Å²) in [5, 5.41) is 2.24. The molecule has 2 aromatic carbocycles. The molecule has 0 bridgehead atoms. The smallest absolute Gasteiger partial charge is 0.102 e. The summed E-state index contributed by atoms with van der Waals surface area (Å²) in [7, 11) is 4.19. The molecule has 0 spiro atoms. The Morgan fingerprint density at radius 3 is 2.22 bits per heavy atom. The van der Waals surface area contributed by atoms with Crippen molar-refractivity contribution in [1.29, 1.82) is 0 Å². The first-order valence-electron chi connectivity index (χ1n) is 10.0. The van der Waals surface area contributed by atoms with E-state index >= 15 is 0 Å². The molecule has 2 aromatic rings. The summed E-state index contributed by atoms with van der Waals surface area (Å²) in [4.78, 5) is 8.80. The predicted octanol–water partition coefficient (Wildman–Crippen LogP) is 5.69. The predicted molar refractivity (Wildman–Crippen MR) is 112 cm³/mol. The number of rotatable bonds is 6. The van der Waals surface area contributed by atoms with Gasteiger partial charge in [0, 0.05) is 6.54 Å². The molecule has 0 aliphatic carbocycles. The SMILES string of the molecule is CC(ON1C(C(C)C)c2ccccc2C1(C)C)c1ccc(CN(C)C)cc1. The van der Waals surface area contributed by atoms with Crippen molar-refractivity contribution in [2.45, 2.75) is 58.8 Å². The minimum absolute atomic E-state index is 0.00763. The average Bonchev–Trinajstić information content (AvgIpc) is 2.83. The van der Waals surface area contributed by atoms with Crippen LogP contribution in [0.3, 0.4) is 0 Å². The van der Waals surface area contributed by atoms with Gasteiger partial charge in [0.05, 0.1) is 11.6 Å². The van der Waals surface area contributed by atoms with E-state index in [0.717, 1.165) is 6.54 Å². The lowest BCUT2D eigenvalue weighted by molar-refractivity contribution is -0.269. The summed E-state index contributed by atoms with van der Waals surface area (Å²) in [6.45, 7) is 12.2. The third kappa shape index (κ3) is 3.96. The van der Waals surface area contributed by atoms with Gasteiger partial charge in [-0.05, 0) is 63.0 Å². The maximum atomic E-state index is 6.61. The third-order valence-electron chi connectivity index (χ3n) is 5.59. The first-order valence-corrected chi connectivity index (χ1v) is 10.0. The van der Waals surface area contributed by atoms with Crippen LogP contribution in [0.5, 0.6) is 0 Å². The molecule has 0 aromatic heterocycles. The van der Waals surface area contributed by atoms with Gasteiger partial charge in [-0.3, -0.25) is 4.84 Å². The highest BCUT2D eigenvalue weighted by Gasteiger charge is 2.46. The van der Waals surface area contributed by atoms with Gasteiger partial charge in [0.1, 0.15) is 6.10 Å². The number of nitrogens with zero attached hydrogens (tertiary/aromatic N) is 2. The Morgan fingerprint density at radius 1 is 1.00 bits per heavy atom. The van der Waals surface area contributed by atoms with E-state index in [4.69, 9.17) is 4.84 Å². The molecule has 3 heteroatoms. The maximum Gasteiger partial charge on any atom is 0.102 e. The van der Waals surface area contributed by atoms with Crippen LogP contribution in [0, 0.1) is 5.92 Å². The number of hydroxylamine groups is 2. The van der Waals surface area contributed by atoms with E-state index in [1.165, 1.54) is 22.3 Å². The van der Waals surface area contributed by atoms with Crippen molar-refractivity contribution in [2.24, 2.45) is 5.92 Å². The van der Waals surface area contributed by atoms with Crippen molar-refractivity contribution in [2.75, 3.05) is 14.1 Å². The number of benzene rings is 2. The van der Waals surface area contributed by atoms with E-state index in [-0.39, 0.29) is 17.7 Å². The lowest BCUT2D eigenvalue weighted by Gasteiger charge is -2.38. The van der Waals surface area contributed by atoms with Crippen molar-refractivity contribution in [3.05, 3.63) is 70.8 Å². The highest BCUT2D eigenvalue weighted by molar-refractivity contribution is 5.40. The molecule has 2 atom stereocenters. The van der Waals surface area contributed by atoms with Crippen LogP contribution in [0.25, 0.3) is 0 Å². The quantitative estimate of drug-likeness (QED) is 0.653.